The second-order valence-electron chi connectivity index (χ2n) is 6.21. The Kier molecular flexibility index (Phi) is 5.63. The lowest BCUT2D eigenvalue weighted by Crippen LogP contribution is -2.07. The van der Waals surface area contributed by atoms with Gasteiger partial charge < -0.3 is 15.4 Å². The Labute approximate surface area is 153 Å². The Hall–Kier alpha value is -3.15. The Morgan fingerprint density at radius 3 is 2.54 bits per heavy atom. The number of pyridine rings is 1. The first-order valence-electron chi connectivity index (χ1n) is 8.62. The lowest BCUT2D eigenvalue weighted by Gasteiger charge is -2.12. The van der Waals surface area contributed by atoms with E-state index in [0.717, 1.165) is 28.6 Å². The molecule has 3 rings (SSSR count). The van der Waals surface area contributed by atoms with E-state index in [2.05, 4.69) is 25.6 Å². The Balaban J connectivity index is 1.67. The fraction of sp³-hybridized carbons (Fsp3) is 0.250. The number of aromatic nitrogens is 3. The zero-order valence-corrected chi connectivity index (χ0v) is 15.2. The van der Waals surface area contributed by atoms with Crippen LogP contribution in [0, 0.1) is 6.92 Å². The van der Waals surface area contributed by atoms with Gasteiger partial charge in [0.1, 0.15) is 11.6 Å². The normalized spacial score (nSPS) is 10.6. The van der Waals surface area contributed by atoms with Crippen molar-refractivity contribution in [2.24, 2.45) is 0 Å². The van der Waals surface area contributed by atoms with Gasteiger partial charge in [-0.15, -0.1) is 0 Å². The molecule has 0 aliphatic rings. The van der Waals surface area contributed by atoms with Crippen LogP contribution in [0.3, 0.4) is 0 Å². The third-order valence-corrected chi connectivity index (χ3v) is 3.51. The summed E-state index contributed by atoms with van der Waals surface area (Å²) in [5.41, 5.74) is 2.76. The standard InChI is InChI=1S/C20H23N5O/c1-14(2)26-18-9-7-16(8-10-18)24-19-12-15(3)23-20(25-19)22-13-17-6-4-5-11-21-17/h4-12,14H,13H2,1-3H3,(H2,22,23,24,25). The van der Waals surface area contributed by atoms with Crippen LogP contribution >= 0.6 is 0 Å². The second kappa shape index (κ2) is 8.29. The molecule has 6 nitrogen and oxygen atoms in total. The summed E-state index contributed by atoms with van der Waals surface area (Å²) in [6.45, 7) is 6.54. The topological polar surface area (TPSA) is 72.0 Å². The molecule has 3 aromatic rings. The zero-order valence-electron chi connectivity index (χ0n) is 15.2. The third kappa shape index (κ3) is 5.17. The molecule has 0 amide bonds. The number of hydrogen-bond acceptors (Lipinski definition) is 6. The van der Waals surface area contributed by atoms with E-state index in [0.29, 0.717) is 12.5 Å². The van der Waals surface area contributed by atoms with Crippen LogP contribution in [0.5, 0.6) is 5.75 Å². The van der Waals surface area contributed by atoms with Crippen LogP contribution in [0.25, 0.3) is 0 Å². The third-order valence-electron chi connectivity index (χ3n) is 3.51. The van der Waals surface area contributed by atoms with E-state index in [1.807, 2.05) is 69.3 Å². The van der Waals surface area contributed by atoms with Crippen LogP contribution in [-0.2, 0) is 6.54 Å². The minimum Gasteiger partial charge on any atom is -0.491 e. The van der Waals surface area contributed by atoms with E-state index >= 15 is 0 Å². The van der Waals surface area contributed by atoms with Crippen LogP contribution in [0.2, 0.25) is 0 Å². The van der Waals surface area contributed by atoms with Gasteiger partial charge in [0.15, 0.2) is 0 Å². The molecule has 26 heavy (non-hydrogen) atoms. The highest BCUT2D eigenvalue weighted by atomic mass is 16.5. The van der Waals surface area contributed by atoms with Crippen molar-refractivity contribution in [1.29, 1.82) is 0 Å². The van der Waals surface area contributed by atoms with E-state index in [-0.39, 0.29) is 6.10 Å². The molecule has 0 bridgehead atoms. The predicted octanol–water partition coefficient (Wildman–Crippen LogP) is 4.32. The minimum atomic E-state index is 0.158. The molecule has 6 heteroatoms. The first-order valence-corrected chi connectivity index (χ1v) is 8.62. The van der Waals surface area contributed by atoms with Crippen molar-refractivity contribution in [2.75, 3.05) is 10.6 Å². The second-order valence-corrected chi connectivity index (χ2v) is 6.21. The molecule has 0 aliphatic carbocycles. The van der Waals surface area contributed by atoms with Gasteiger partial charge >= 0.3 is 0 Å². The summed E-state index contributed by atoms with van der Waals surface area (Å²) >= 11 is 0. The average Bonchev–Trinajstić information content (AvgIpc) is 2.62. The quantitative estimate of drug-likeness (QED) is 0.662. The summed E-state index contributed by atoms with van der Waals surface area (Å²) < 4.78 is 5.66. The smallest absolute Gasteiger partial charge is 0.225 e. The van der Waals surface area contributed by atoms with Crippen LogP contribution in [-0.4, -0.2) is 21.1 Å². The summed E-state index contributed by atoms with van der Waals surface area (Å²) in [6.07, 6.45) is 1.93. The molecule has 0 aliphatic heterocycles. The van der Waals surface area contributed by atoms with E-state index in [9.17, 15) is 0 Å². The lowest BCUT2D eigenvalue weighted by molar-refractivity contribution is 0.242. The number of nitrogens with zero attached hydrogens (tertiary/aromatic N) is 3. The van der Waals surface area contributed by atoms with Gasteiger partial charge in [-0.2, -0.15) is 4.98 Å². The molecule has 134 valence electrons. The van der Waals surface area contributed by atoms with Crippen molar-refractivity contribution in [3.63, 3.8) is 0 Å². The van der Waals surface area contributed by atoms with Crippen molar-refractivity contribution in [1.82, 2.24) is 15.0 Å². The van der Waals surface area contributed by atoms with Crippen molar-refractivity contribution < 1.29 is 4.74 Å². The highest BCUT2D eigenvalue weighted by Gasteiger charge is 2.04. The summed E-state index contributed by atoms with van der Waals surface area (Å²) in [6, 6.07) is 15.5. The fourth-order valence-corrected chi connectivity index (χ4v) is 2.42. The molecular formula is C20H23N5O. The molecule has 0 saturated carbocycles. The first kappa shape index (κ1) is 17.7. The number of aryl methyl sites for hydroxylation is 1. The van der Waals surface area contributed by atoms with Gasteiger partial charge in [0, 0.05) is 23.6 Å². The van der Waals surface area contributed by atoms with Crippen molar-refractivity contribution in [3.8, 4) is 5.75 Å². The maximum Gasteiger partial charge on any atom is 0.225 e. The maximum atomic E-state index is 5.66. The van der Waals surface area contributed by atoms with Gasteiger partial charge in [0.25, 0.3) is 0 Å². The average molecular weight is 349 g/mol. The molecule has 0 saturated heterocycles. The Bertz CT molecular complexity index is 835. The monoisotopic (exact) mass is 349 g/mol. The predicted molar refractivity (Wildman–Crippen MR) is 104 cm³/mol. The number of ether oxygens (including phenoxy) is 1. The summed E-state index contributed by atoms with van der Waals surface area (Å²) in [7, 11) is 0. The molecule has 0 spiro atoms. The van der Waals surface area contributed by atoms with Crippen molar-refractivity contribution in [3.05, 3.63) is 66.1 Å². The van der Waals surface area contributed by atoms with Gasteiger partial charge in [0.05, 0.1) is 18.3 Å². The number of anilines is 3. The van der Waals surface area contributed by atoms with E-state index in [4.69, 9.17) is 4.74 Å². The van der Waals surface area contributed by atoms with E-state index < -0.39 is 0 Å². The number of rotatable bonds is 7. The molecule has 0 unspecified atom stereocenters. The number of hydrogen-bond donors (Lipinski definition) is 2. The van der Waals surface area contributed by atoms with Gasteiger partial charge in [-0.3, -0.25) is 4.98 Å². The summed E-state index contributed by atoms with van der Waals surface area (Å²) in [5.74, 6) is 2.15. The fourth-order valence-electron chi connectivity index (χ4n) is 2.42. The van der Waals surface area contributed by atoms with Crippen LogP contribution < -0.4 is 15.4 Å². The number of benzene rings is 1. The highest BCUT2D eigenvalue weighted by Crippen LogP contribution is 2.21. The molecule has 0 radical (unpaired) electrons. The molecule has 2 N–H and O–H groups in total. The lowest BCUT2D eigenvalue weighted by atomic mass is 10.3. The Morgan fingerprint density at radius 2 is 1.85 bits per heavy atom. The summed E-state index contributed by atoms with van der Waals surface area (Å²) in [5, 5.41) is 6.52. The van der Waals surface area contributed by atoms with Crippen LogP contribution in [0.15, 0.2) is 54.7 Å². The summed E-state index contributed by atoms with van der Waals surface area (Å²) in [4.78, 5) is 13.2. The zero-order chi connectivity index (χ0) is 18.4. The Morgan fingerprint density at radius 1 is 1.04 bits per heavy atom. The first-order chi connectivity index (χ1) is 12.6. The SMILES string of the molecule is Cc1cc(Nc2ccc(OC(C)C)cc2)nc(NCc2ccccn2)n1. The molecule has 0 atom stereocenters. The van der Waals surface area contributed by atoms with Gasteiger partial charge in [-0.25, -0.2) is 4.98 Å². The van der Waals surface area contributed by atoms with Gasteiger partial charge in [0.2, 0.25) is 5.95 Å². The molecule has 2 aromatic heterocycles. The largest absolute Gasteiger partial charge is 0.491 e. The van der Waals surface area contributed by atoms with E-state index in [1.165, 1.54) is 0 Å². The maximum absolute atomic E-state index is 5.66. The van der Waals surface area contributed by atoms with Crippen molar-refractivity contribution in [2.45, 2.75) is 33.4 Å². The number of nitrogens with one attached hydrogen (secondary N) is 2. The van der Waals surface area contributed by atoms with Gasteiger partial charge in [-0.05, 0) is 57.2 Å². The molecule has 0 fully saturated rings. The minimum absolute atomic E-state index is 0.158. The highest BCUT2D eigenvalue weighted by molar-refractivity contribution is 5.58. The van der Waals surface area contributed by atoms with E-state index in [1.54, 1.807) is 6.20 Å². The van der Waals surface area contributed by atoms with Gasteiger partial charge in [-0.1, -0.05) is 6.07 Å². The molecule has 2 heterocycles. The molecule has 1 aromatic carbocycles. The van der Waals surface area contributed by atoms with Crippen LogP contribution in [0.4, 0.5) is 17.5 Å². The molecular weight excluding hydrogens is 326 g/mol. The van der Waals surface area contributed by atoms with Crippen molar-refractivity contribution >= 4 is 17.5 Å². The van der Waals surface area contributed by atoms with Crippen LogP contribution in [0.1, 0.15) is 25.2 Å².